The maximum Gasteiger partial charge on any atom is 0.246 e. The molecule has 0 radical (unpaired) electrons. The average molecular weight is 450 g/mol. The van der Waals surface area contributed by atoms with E-state index in [1.54, 1.807) is 14.1 Å². The normalized spacial score (nSPS) is 14.2. The van der Waals surface area contributed by atoms with Gasteiger partial charge in [-0.3, -0.25) is 14.4 Å². The Hall–Kier alpha value is -2.49. The fourth-order valence-corrected chi connectivity index (χ4v) is 3.51. The average Bonchev–Trinajstić information content (AvgIpc) is 2.73. The smallest absolute Gasteiger partial charge is 0.246 e. The van der Waals surface area contributed by atoms with Crippen molar-refractivity contribution in [3.63, 3.8) is 0 Å². The molecule has 0 spiro atoms. The first-order valence-electron chi connectivity index (χ1n) is 10.8. The van der Waals surface area contributed by atoms with Crippen molar-refractivity contribution in [2.75, 3.05) is 47.9 Å². The van der Waals surface area contributed by atoms with Gasteiger partial charge in [0.15, 0.2) is 0 Å². The van der Waals surface area contributed by atoms with E-state index in [4.69, 9.17) is 16.2 Å². The molecule has 1 rings (SSSR count). The third-order valence-electron chi connectivity index (χ3n) is 5.36. The van der Waals surface area contributed by atoms with Crippen molar-refractivity contribution >= 4 is 17.7 Å². The van der Waals surface area contributed by atoms with Crippen LogP contribution in [0.3, 0.4) is 0 Å². The molecule has 9 heteroatoms. The lowest BCUT2D eigenvalue weighted by atomic mass is 9.98. The van der Waals surface area contributed by atoms with Crippen molar-refractivity contribution in [1.82, 2.24) is 14.7 Å². The Morgan fingerprint density at radius 1 is 0.969 bits per heavy atom. The minimum atomic E-state index is -0.907. The molecule has 3 amide bonds. The minimum absolute atomic E-state index is 0.0506. The number of carbonyl (C=O) groups is 3. The molecule has 0 saturated heterocycles. The summed E-state index contributed by atoms with van der Waals surface area (Å²) in [4.78, 5) is 43.1. The molecular formula is C23H39N5O4. The molecule has 3 atom stereocenters. The Morgan fingerprint density at radius 2 is 1.56 bits per heavy atom. The van der Waals surface area contributed by atoms with E-state index in [0.29, 0.717) is 13.2 Å². The van der Waals surface area contributed by atoms with Crippen molar-refractivity contribution < 1.29 is 19.1 Å². The van der Waals surface area contributed by atoms with E-state index in [2.05, 4.69) is 0 Å². The summed E-state index contributed by atoms with van der Waals surface area (Å²) in [7, 11) is 6.94. The Labute approximate surface area is 191 Å². The van der Waals surface area contributed by atoms with E-state index < -0.39 is 29.9 Å². The number of carbonyl (C=O) groups excluding carboxylic acids is 3. The third kappa shape index (κ3) is 8.22. The first-order chi connectivity index (χ1) is 15.0. The summed E-state index contributed by atoms with van der Waals surface area (Å²) < 4.78 is 5.51. The first kappa shape index (κ1) is 27.5. The van der Waals surface area contributed by atoms with Gasteiger partial charge in [0.25, 0.3) is 0 Å². The van der Waals surface area contributed by atoms with Crippen molar-refractivity contribution in [3.05, 3.63) is 35.9 Å². The zero-order valence-corrected chi connectivity index (χ0v) is 20.2. The number of rotatable bonds is 13. The molecule has 1 unspecified atom stereocenters. The summed E-state index contributed by atoms with van der Waals surface area (Å²) >= 11 is 0. The highest BCUT2D eigenvalue weighted by molar-refractivity contribution is 5.92. The van der Waals surface area contributed by atoms with Gasteiger partial charge < -0.3 is 30.9 Å². The zero-order chi connectivity index (χ0) is 24.4. The van der Waals surface area contributed by atoms with Gasteiger partial charge in [0, 0.05) is 27.1 Å². The molecule has 0 fully saturated rings. The lowest BCUT2D eigenvalue weighted by molar-refractivity contribution is -0.148. The van der Waals surface area contributed by atoms with Gasteiger partial charge in [0.05, 0.1) is 13.2 Å². The van der Waals surface area contributed by atoms with E-state index in [0.717, 1.165) is 5.56 Å². The van der Waals surface area contributed by atoms with Crippen LogP contribution in [0.2, 0.25) is 0 Å². The summed E-state index contributed by atoms with van der Waals surface area (Å²) in [5, 5.41) is 0. The SMILES string of the molecule is CC(C)C(C(N)=O)N(C)C(=O)[C@H](Cc1ccccc1)N(C)C(=O)[C@@H](N)COCCN(C)C. The third-order valence-corrected chi connectivity index (χ3v) is 5.36. The van der Waals surface area contributed by atoms with Gasteiger partial charge in [0.2, 0.25) is 17.7 Å². The topological polar surface area (TPSA) is 122 Å². The molecule has 0 aliphatic rings. The van der Waals surface area contributed by atoms with Gasteiger partial charge in [-0.2, -0.15) is 0 Å². The standard InChI is InChI=1S/C23H39N5O4/c1-16(2)20(21(25)29)28(6)23(31)19(14-17-10-8-7-9-11-17)27(5)22(30)18(24)15-32-13-12-26(3)4/h7-11,16,18-20H,12-15,24H2,1-6H3,(H2,25,29)/t18-,19-,20?/m0/s1. The van der Waals surface area contributed by atoms with Gasteiger partial charge in [0.1, 0.15) is 18.1 Å². The van der Waals surface area contributed by atoms with Crippen LogP contribution >= 0.6 is 0 Å². The lowest BCUT2D eigenvalue weighted by Gasteiger charge is -2.36. The number of hydrogen-bond acceptors (Lipinski definition) is 6. The van der Waals surface area contributed by atoms with Crippen molar-refractivity contribution in [2.45, 2.75) is 38.4 Å². The Bertz CT molecular complexity index is 741. The molecule has 0 saturated carbocycles. The summed E-state index contributed by atoms with van der Waals surface area (Å²) in [6.45, 7) is 4.85. The molecule has 32 heavy (non-hydrogen) atoms. The minimum Gasteiger partial charge on any atom is -0.378 e. The number of nitrogens with two attached hydrogens (primary N) is 2. The second-order valence-corrected chi connectivity index (χ2v) is 8.68. The number of primary amides is 1. The molecule has 0 aliphatic heterocycles. The molecule has 1 aromatic carbocycles. The molecular weight excluding hydrogens is 410 g/mol. The van der Waals surface area contributed by atoms with E-state index in [-0.39, 0.29) is 24.9 Å². The van der Waals surface area contributed by atoms with Crippen molar-refractivity contribution in [2.24, 2.45) is 17.4 Å². The van der Waals surface area contributed by atoms with Gasteiger partial charge in [-0.05, 0) is 25.6 Å². The predicted molar refractivity (Wildman–Crippen MR) is 125 cm³/mol. The molecule has 0 bridgehead atoms. The van der Waals surface area contributed by atoms with E-state index in [9.17, 15) is 14.4 Å². The van der Waals surface area contributed by atoms with E-state index in [1.807, 2.05) is 63.2 Å². The number of hydrogen-bond donors (Lipinski definition) is 2. The lowest BCUT2D eigenvalue weighted by Crippen LogP contribution is -2.58. The quantitative estimate of drug-likeness (QED) is 0.407. The second-order valence-electron chi connectivity index (χ2n) is 8.68. The molecule has 0 aliphatic carbocycles. The summed E-state index contributed by atoms with van der Waals surface area (Å²) in [6, 6.07) is 6.85. The second kappa shape index (κ2) is 13.1. The fraction of sp³-hybridized carbons (Fsp3) is 0.609. The molecule has 4 N–H and O–H groups in total. The number of amides is 3. The van der Waals surface area contributed by atoms with Crippen LogP contribution in [0.15, 0.2) is 30.3 Å². The molecule has 0 heterocycles. The molecule has 9 nitrogen and oxygen atoms in total. The van der Waals surface area contributed by atoms with Crippen molar-refractivity contribution in [3.8, 4) is 0 Å². The van der Waals surface area contributed by atoms with Crippen LogP contribution in [-0.4, -0.2) is 98.5 Å². The number of benzene rings is 1. The number of ether oxygens (including phenoxy) is 1. The molecule has 180 valence electrons. The summed E-state index contributed by atoms with van der Waals surface area (Å²) in [5.74, 6) is -1.54. The Kier molecular flexibility index (Phi) is 11.3. The predicted octanol–water partition coefficient (Wildman–Crippen LogP) is -0.0701. The van der Waals surface area contributed by atoms with Crippen LogP contribution in [0, 0.1) is 5.92 Å². The summed E-state index contributed by atoms with van der Waals surface area (Å²) in [6.07, 6.45) is 0.282. The zero-order valence-electron chi connectivity index (χ0n) is 20.2. The van der Waals surface area contributed by atoms with Crippen LogP contribution in [0.1, 0.15) is 19.4 Å². The fourth-order valence-electron chi connectivity index (χ4n) is 3.51. The molecule has 1 aromatic rings. The van der Waals surface area contributed by atoms with Gasteiger partial charge in [-0.1, -0.05) is 44.2 Å². The van der Waals surface area contributed by atoms with E-state index >= 15 is 0 Å². The van der Waals surface area contributed by atoms with Crippen LogP contribution < -0.4 is 11.5 Å². The van der Waals surface area contributed by atoms with Crippen molar-refractivity contribution in [1.29, 1.82) is 0 Å². The first-order valence-corrected chi connectivity index (χ1v) is 10.8. The van der Waals surface area contributed by atoms with Gasteiger partial charge in [-0.15, -0.1) is 0 Å². The van der Waals surface area contributed by atoms with Crippen LogP contribution in [0.5, 0.6) is 0 Å². The maximum absolute atomic E-state index is 13.4. The van der Waals surface area contributed by atoms with Gasteiger partial charge >= 0.3 is 0 Å². The van der Waals surface area contributed by atoms with E-state index in [1.165, 1.54) is 9.80 Å². The van der Waals surface area contributed by atoms with Gasteiger partial charge in [-0.25, -0.2) is 0 Å². The summed E-state index contributed by atoms with van der Waals surface area (Å²) in [5.41, 5.74) is 12.5. The van der Waals surface area contributed by atoms with Crippen LogP contribution in [0.25, 0.3) is 0 Å². The highest BCUT2D eigenvalue weighted by atomic mass is 16.5. The highest BCUT2D eigenvalue weighted by Crippen LogP contribution is 2.16. The Morgan fingerprint density at radius 3 is 2.06 bits per heavy atom. The Balaban J connectivity index is 3.05. The monoisotopic (exact) mass is 449 g/mol. The van der Waals surface area contributed by atoms with Crippen LogP contribution in [-0.2, 0) is 25.5 Å². The maximum atomic E-state index is 13.4. The number of nitrogens with zero attached hydrogens (tertiary/aromatic N) is 3. The molecule has 0 aromatic heterocycles. The highest BCUT2D eigenvalue weighted by Gasteiger charge is 2.36. The number of likely N-dealkylation sites (N-methyl/N-ethyl adjacent to an activating group) is 3. The largest absolute Gasteiger partial charge is 0.378 e. The van der Waals surface area contributed by atoms with Crippen LogP contribution in [0.4, 0.5) is 0 Å².